The van der Waals surface area contributed by atoms with Crippen molar-refractivity contribution in [2.24, 2.45) is 0 Å². The van der Waals surface area contributed by atoms with Crippen LogP contribution in [0.3, 0.4) is 0 Å². The van der Waals surface area contributed by atoms with Crippen LogP contribution < -0.4 is 10.6 Å². The van der Waals surface area contributed by atoms with Gasteiger partial charge in [-0.3, -0.25) is 9.59 Å². The Morgan fingerprint density at radius 3 is 2.63 bits per heavy atom. The fourth-order valence-corrected chi connectivity index (χ4v) is 4.80. The van der Waals surface area contributed by atoms with Crippen molar-refractivity contribution >= 4 is 34.8 Å². The maximum Gasteiger partial charge on any atom is 0.234 e. The first-order valence-corrected chi connectivity index (χ1v) is 12.8. The van der Waals surface area contributed by atoms with Gasteiger partial charge in [0.15, 0.2) is 16.8 Å². The molecular formula is C26H31N5O3S. The Morgan fingerprint density at radius 1 is 1.14 bits per heavy atom. The van der Waals surface area contributed by atoms with E-state index in [0.717, 1.165) is 31.0 Å². The fraction of sp³-hybridized carbons (Fsp3) is 0.385. The Labute approximate surface area is 209 Å². The molecule has 1 aliphatic heterocycles. The number of ether oxygens (including phenoxy) is 1. The van der Waals surface area contributed by atoms with Gasteiger partial charge in [-0.1, -0.05) is 29.5 Å². The monoisotopic (exact) mass is 493 g/mol. The number of anilines is 2. The first kappa shape index (κ1) is 24.9. The number of hydrogen-bond acceptors (Lipinski definition) is 7. The Kier molecular flexibility index (Phi) is 8.20. The first-order chi connectivity index (χ1) is 16.9. The zero-order valence-corrected chi connectivity index (χ0v) is 21.2. The zero-order chi connectivity index (χ0) is 24.8. The van der Waals surface area contributed by atoms with E-state index in [2.05, 4.69) is 57.4 Å². The lowest BCUT2D eigenvalue weighted by molar-refractivity contribution is -0.113. The fourth-order valence-electron chi connectivity index (χ4n) is 4.03. The van der Waals surface area contributed by atoms with Gasteiger partial charge in [0, 0.05) is 23.5 Å². The van der Waals surface area contributed by atoms with E-state index < -0.39 is 0 Å². The number of ketones is 1. The molecule has 1 saturated heterocycles. The van der Waals surface area contributed by atoms with Gasteiger partial charge < -0.3 is 19.9 Å². The number of amides is 1. The third kappa shape index (κ3) is 6.70. The molecule has 1 fully saturated rings. The number of nitrogens with one attached hydrogen (secondary N) is 2. The molecule has 0 spiro atoms. The number of thioether (sulfide) groups is 1. The predicted molar refractivity (Wildman–Crippen MR) is 138 cm³/mol. The van der Waals surface area contributed by atoms with Gasteiger partial charge >= 0.3 is 0 Å². The van der Waals surface area contributed by atoms with Crippen molar-refractivity contribution in [3.8, 4) is 0 Å². The molecule has 35 heavy (non-hydrogen) atoms. The van der Waals surface area contributed by atoms with Crippen LogP contribution in [0.15, 0.2) is 47.6 Å². The molecule has 0 radical (unpaired) electrons. The lowest BCUT2D eigenvalue weighted by Gasteiger charge is -2.16. The van der Waals surface area contributed by atoms with E-state index >= 15 is 0 Å². The van der Waals surface area contributed by atoms with Crippen molar-refractivity contribution < 1.29 is 14.3 Å². The molecule has 1 aromatic heterocycles. The lowest BCUT2D eigenvalue weighted by Crippen LogP contribution is -2.20. The topological polar surface area (TPSA) is 98.1 Å². The van der Waals surface area contributed by atoms with E-state index in [0.29, 0.717) is 29.5 Å². The van der Waals surface area contributed by atoms with Crippen molar-refractivity contribution in [2.45, 2.75) is 58.0 Å². The summed E-state index contributed by atoms with van der Waals surface area (Å²) in [6, 6.07) is 13.2. The predicted octanol–water partition coefficient (Wildman–Crippen LogP) is 4.62. The normalized spacial score (nSPS) is 15.2. The van der Waals surface area contributed by atoms with Crippen LogP contribution in [0.25, 0.3) is 0 Å². The van der Waals surface area contributed by atoms with Gasteiger partial charge in [0.25, 0.3) is 0 Å². The largest absolute Gasteiger partial charge is 0.378 e. The molecule has 184 valence electrons. The number of aromatic nitrogens is 3. The number of carbonyl (C=O) groups excluding carboxylic acids is 2. The van der Waals surface area contributed by atoms with Gasteiger partial charge in [-0.2, -0.15) is 0 Å². The molecule has 2 aromatic carbocycles. The molecule has 9 heteroatoms. The second kappa shape index (κ2) is 11.5. The van der Waals surface area contributed by atoms with Crippen molar-refractivity contribution in [2.75, 3.05) is 23.0 Å². The Bertz CT molecular complexity index is 1190. The van der Waals surface area contributed by atoms with Gasteiger partial charge in [0.05, 0.1) is 24.9 Å². The van der Waals surface area contributed by atoms with Gasteiger partial charge in [-0.05, 0) is 69.5 Å². The van der Waals surface area contributed by atoms with E-state index in [9.17, 15) is 9.59 Å². The average Bonchev–Trinajstić information content (AvgIpc) is 3.48. The first-order valence-electron chi connectivity index (χ1n) is 11.8. The summed E-state index contributed by atoms with van der Waals surface area (Å²) in [4.78, 5) is 24.0. The van der Waals surface area contributed by atoms with E-state index in [1.807, 2.05) is 0 Å². The standard InChI is InChI=1S/C26H31N5O3S/c1-17-6-11-23(18(2)13-17)27-14-24-29-30-26(31(24)15-22-5-4-12-34-22)35-16-25(33)28-21-9-7-20(8-10-21)19(3)32/h6-11,13,22,27H,4-5,12,14-16H2,1-3H3,(H,28,33)/t22-/m0/s1. The maximum absolute atomic E-state index is 12.5. The number of Topliss-reactive ketones (excluding diaryl/α,β-unsaturated/α-hetero) is 1. The van der Waals surface area contributed by atoms with Crippen LogP contribution in [0.5, 0.6) is 0 Å². The third-order valence-electron chi connectivity index (χ3n) is 5.93. The van der Waals surface area contributed by atoms with Gasteiger partial charge in [-0.15, -0.1) is 10.2 Å². The lowest BCUT2D eigenvalue weighted by atomic mass is 10.1. The zero-order valence-electron chi connectivity index (χ0n) is 20.3. The molecule has 2 heterocycles. The SMILES string of the molecule is CC(=O)c1ccc(NC(=O)CSc2nnc(CNc3ccc(C)cc3C)n2C[C@@H]2CCCO2)cc1. The molecular weight excluding hydrogens is 462 g/mol. The smallest absolute Gasteiger partial charge is 0.234 e. The summed E-state index contributed by atoms with van der Waals surface area (Å²) < 4.78 is 7.91. The number of hydrogen-bond donors (Lipinski definition) is 2. The summed E-state index contributed by atoms with van der Waals surface area (Å²) in [7, 11) is 0. The number of aryl methyl sites for hydroxylation is 2. The summed E-state index contributed by atoms with van der Waals surface area (Å²) in [5.74, 6) is 0.852. The van der Waals surface area contributed by atoms with Gasteiger partial charge in [-0.25, -0.2) is 0 Å². The van der Waals surface area contributed by atoms with E-state index in [1.54, 1.807) is 24.3 Å². The molecule has 3 aromatic rings. The minimum Gasteiger partial charge on any atom is -0.378 e. The minimum absolute atomic E-state index is 0.00755. The highest BCUT2D eigenvalue weighted by Gasteiger charge is 2.21. The molecule has 0 aliphatic carbocycles. The van der Waals surface area contributed by atoms with Crippen LogP contribution in [0.4, 0.5) is 11.4 Å². The number of benzene rings is 2. The van der Waals surface area contributed by atoms with Crippen molar-refractivity contribution in [3.05, 3.63) is 65.0 Å². The summed E-state index contributed by atoms with van der Waals surface area (Å²) in [6.07, 6.45) is 2.18. The maximum atomic E-state index is 12.5. The molecule has 8 nitrogen and oxygen atoms in total. The van der Waals surface area contributed by atoms with Crippen LogP contribution in [-0.4, -0.2) is 44.9 Å². The number of rotatable bonds is 10. The summed E-state index contributed by atoms with van der Waals surface area (Å²) >= 11 is 1.35. The molecule has 1 aliphatic rings. The van der Waals surface area contributed by atoms with Crippen molar-refractivity contribution in [3.63, 3.8) is 0 Å². The van der Waals surface area contributed by atoms with Gasteiger partial charge in [0.1, 0.15) is 0 Å². The van der Waals surface area contributed by atoms with Crippen LogP contribution in [0.2, 0.25) is 0 Å². The van der Waals surface area contributed by atoms with E-state index in [4.69, 9.17) is 4.74 Å². The molecule has 0 unspecified atom stereocenters. The molecule has 1 amide bonds. The summed E-state index contributed by atoms with van der Waals surface area (Å²) in [6.45, 7) is 7.64. The molecule has 2 N–H and O–H groups in total. The van der Waals surface area contributed by atoms with E-state index in [-0.39, 0.29) is 23.5 Å². The highest BCUT2D eigenvalue weighted by molar-refractivity contribution is 7.99. The highest BCUT2D eigenvalue weighted by atomic mass is 32.2. The summed E-state index contributed by atoms with van der Waals surface area (Å²) in [5, 5.41) is 15.8. The van der Waals surface area contributed by atoms with E-state index in [1.165, 1.54) is 29.8 Å². The molecule has 1 atom stereocenters. The Hall–Kier alpha value is -3.17. The van der Waals surface area contributed by atoms with Crippen molar-refractivity contribution in [1.29, 1.82) is 0 Å². The number of nitrogens with zero attached hydrogens (tertiary/aromatic N) is 3. The van der Waals surface area contributed by atoms with Crippen molar-refractivity contribution in [1.82, 2.24) is 14.8 Å². The highest BCUT2D eigenvalue weighted by Crippen LogP contribution is 2.23. The van der Waals surface area contributed by atoms with Crippen LogP contribution in [0.1, 0.15) is 47.1 Å². The minimum atomic E-state index is -0.146. The second-order valence-corrected chi connectivity index (χ2v) is 9.73. The molecule has 0 saturated carbocycles. The quantitative estimate of drug-likeness (QED) is 0.314. The third-order valence-corrected chi connectivity index (χ3v) is 6.90. The second-order valence-electron chi connectivity index (χ2n) is 8.79. The molecule has 0 bridgehead atoms. The van der Waals surface area contributed by atoms with Crippen LogP contribution in [-0.2, 0) is 22.6 Å². The van der Waals surface area contributed by atoms with Crippen LogP contribution >= 0.6 is 11.8 Å². The van der Waals surface area contributed by atoms with Gasteiger partial charge in [0.2, 0.25) is 5.91 Å². The number of carbonyl (C=O) groups is 2. The Balaban J connectivity index is 1.41. The Morgan fingerprint density at radius 2 is 1.94 bits per heavy atom. The summed E-state index contributed by atoms with van der Waals surface area (Å²) in [5.41, 5.74) is 4.73. The molecule has 4 rings (SSSR count). The van der Waals surface area contributed by atoms with Crippen LogP contribution in [0, 0.1) is 13.8 Å². The average molecular weight is 494 g/mol.